The number of H-pyrrole nitrogens is 1. The number of nitrogens with one attached hydrogen (secondary N) is 2. The number of halogens is 2. The van der Waals surface area contributed by atoms with Gasteiger partial charge >= 0.3 is 0 Å². The fourth-order valence-electron chi connectivity index (χ4n) is 2.18. The smallest absolute Gasteiger partial charge is 0.273 e. The Hall–Kier alpha value is -2.30. The van der Waals surface area contributed by atoms with Gasteiger partial charge in [-0.15, -0.1) is 0 Å². The summed E-state index contributed by atoms with van der Waals surface area (Å²) in [6.07, 6.45) is 0. The lowest BCUT2D eigenvalue weighted by atomic mass is 10.1. The molecule has 3 rings (SSSR count). The molecule has 3 aromatic rings. The molecule has 2 aromatic carbocycles. The van der Waals surface area contributed by atoms with E-state index in [0.29, 0.717) is 27.1 Å². The highest BCUT2D eigenvalue weighted by Gasteiger charge is 2.14. The van der Waals surface area contributed by atoms with E-state index in [4.69, 9.17) is 23.2 Å². The van der Waals surface area contributed by atoms with Gasteiger partial charge < -0.3 is 5.32 Å². The molecule has 0 bridgehead atoms. The van der Waals surface area contributed by atoms with E-state index in [1.807, 2.05) is 25.1 Å². The summed E-state index contributed by atoms with van der Waals surface area (Å²) >= 11 is 12.2. The third-order valence-electron chi connectivity index (χ3n) is 3.49. The van der Waals surface area contributed by atoms with Crippen molar-refractivity contribution in [1.29, 1.82) is 0 Å². The zero-order chi connectivity index (χ0) is 16.4. The lowest BCUT2D eigenvalue weighted by Gasteiger charge is -2.08. The van der Waals surface area contributed by atoms with E-state index in [1.165, 1.54) is 0 Å². The fourth-order valence-corrected chi connectivity index (χ4v) is 2.58. The van der Waals surface area contributed by atoms with Gasteiger partial charge in [0.25, 0.3) is 5.91 Å². The van der Waals surface area contributed by atoms with Gasteiger partial charge in [-0.25, -0.2) is 0 Å². The molecule has 0 spiro atoms. The number of carbonyl (C=O) groups is 1. The average molecular weight is 346 g/mol. The Bertz CT molecular complexity index is 874. The number of amides is 1. The molecular weight excluding hydrogens is 333 g/mol. The number of anilines is 1. The molecule has 116 valence electrons. The Labute approximate surface area is 143 Å². The number of hydrogen-bond donors (Lipinski definition) is 2. The number of rotatable bonds is 3. The largest absolute Gasteiger partial charge is 0.320 e. The van der Waals surface area contributed by atoms with E-state index in [2.05, 4.69) is 15.5 Å². The van der Waals surface area contributed by atoms with Gasteiger partial charge in [0.15, 0.2) is 0 Å². The SMILES string of the molecule is Cc1c(Cl)cccc1NC(=O)c1cc(-c2ccccc2Cl)n[nH]1. The summed E-state index contributed by atoms with van der Waals surface area (Å²) in [5.74, 6) is -0.291. The highest BCUT2D eigenvalue weighted by molar-refractivity contribution is 6.33. The predicted octanol–water partition coefficient (Wildman–Crippen LogP) is 4.94. The highest BCUT2D eigenvalue weighted by Crippen LogP contribution is 2.27. The third kappa shape index (κ3) is 3.23. The Morgan fingerprint density at radius 2 is 1.83 bits per heavy atom. The van der Waals surface area contributed by atoms with Crippen LogP contribution in [0.5, 0.6) is 0 Å². The van der Waals surface area contributed by atoms with Crippen LogP contribution in [0.4, 0.5) is 5.69 Å². The van der Waals surface area contributed by atoms with Crippen molar-refractivity contribution < 1.29 is 4.79 Å². The maximum Gasteiger partial charge on any atom is 0.273 e. The van der Waals surface area contributed by atoms with Gasteiger partial charge in [-0.3, -0.25) is 9.89 Å². The van der Waals surface area contributed by atoms with Crippen molar-refractivity contribution >= 4 is 34.8 Å². The molecule has 0 unspecified atom stereocenters. The molecule has 23 heavy (non-hydrogen) atoms. The minimum atomic E-state index is -0.291. The number of hydrogen-bond acceptors (Lipinski definition) is 2. The van der Waals surface area contributed by atoms with E-state index >= 15 is 0 Å². The van der Waals surface area contributed by atoms with Gasteiger partial charge in [0, 0.05) is 16.3 Å². The molecule has 6 heteroatoms. The molecule has 4 nitrogen and oxygen atoms in total. The maximum absolute atomic E-state index is 12.3. The minimum Gasteiger partial charge on any atom is -0.320 e. The van der Waals surface area contributed by atoms with Crippen LogP contribution in [-0.4, -0.2) is 16.1 Å². The molecule has 0 radical (unpaired) electrons. The summed E-state index contributed by atoms with van der Waals surface area (Å²) in [4.78, 5) is 12.3. The van der Waals surface area contributed by atoms with E-state index in [9.17, 15) is 4.79 Å². The van der Waals surface area contributed by atoms with Crippen LogP contribution >= 0.6 is 23.2 Å². The molecule has 0 aliphatic rings. The summed E-state index contributed by atoms with van der Waals surface area (Å²) in [5, 5.41) is 10.9. The van der Waals surface area contributed by atoms with Crippen molar-refractivity contribution in [2.45, 2.75) is 6.92 Å². The first-order chi connectivity index (χ1) is 11.1. The van der Waals surface area contributed by atoms with Crippen LogP contribution in [0, 0.1) is 6.92 Å². The van der Waals surface area contributed by atoms with Crippen molar-refractivity contribution in [2.24, 2.45) is 0 Å². The van der Waals surface area contributed by atoms with Crippen LogP contribution < -0.4 is 5.32 Å². The first-order valence-electron chi connectivity index (χ1n) is 6.93. The monoisotopic (exact) mass is 345 g/mol. The number of aromatic amines is 1. The van der Waals surface area contributed by atoms with Crippen LogP contribution in [0.1, 0.15) is 16.1 Å². The van der Waals surface area contributed by atoms with Crippen LogP contribution in [0.3, 0.4) is 0 Å². The summed E-state index contributed by atoms with van der Waals surface area (Å²) in [7, 11) is 0. The standard InChI is InChI=1S/C17H13Cl2N3O/c1-10-12(18)7-4-8-14(10)20-17(23)16-9-15(21-22-16)11-5-2-3-6-13(11)19/h2-9H,1H3,(H,20,23)(H,21,22). The number of carbonyl (C=O) groups excluding carboxylic acids is 1. The number of nitrogens with zero attached hydrogens (tertiary/aromatic N) is 1. The van der Waals surface area contributed by atoms with E-state index in [0.717, 1.165) is 11.1 Å². The maximum atomic E-state index is 12.3. The predicted molar refractivity (Wildman–Crippen MR) is 93.2 cm³/mol. The molecular formula is C17H13Cl2N3O. The van der Waals surface area contributed by atoms with E-state index < -0.39 is 0 Å². The van der Waals surface area contributed by atoms with Crippen molar-refractivity contribution in [3.05, 3.63) is 69.8 Å². The zero-order valence-corrected chi connectivity index (χ0v) is 13.7. The molecule has 2 N–H and O–H groups in total. The number of benzene rings is 2. The fraction of sp³-hybridized carbons (Fsp3) is 0.0588. The topological polar surface area (TPSA) is 57.8 Å². The molecule has 1 amide bonds. The summed E-state index contributed by atoms with van der Waals surface area (Å²) in [6.45, 7) is 1.85. The van der Waals surface area contributed by atoms with Gasteiger partial charge in [0.05, 0.1) is 10.7 Å². The van der Waals surface area contributed by atoms with Crippen LogP contribution in [0.15, 0.2) is 48.5 Å². The van der Waals surface area contributed by atoms with Crippen molar-refractivity contribution in [2.75, 3.05) is 5.32 Å². The van der Waals surface area contributed by atoms with Crippen molar-refractivity contribution in [3.63, 3.8) is 0 Å². The highest BCUT2D eigenvalue weighted by atomic mass is 35.5. The second kappa shape index (κ2) is 6.44. The zero-order valence-electron chi connectivity index (χ0n) is 12.2. The normalized spacial score (nSPS) is 10.6. The van der Waals surface area contributed by atoms with Gasteiger partial charge in [-0.2, -0.15) is 5.10 Å². The second-order valence-corrected chi connectivity index (χ2v) is 5.83. The molecule has 1 aromatic heterocycles. The molecule has 0 saturated heterocycles. The van der Waals surface area contributed by atoms with Gasteiger partial charge in [0.1, 0.15) is 5.69 Å². The molecule has 0 fully saturated rings. The van der Waals surface area contributed by atoms with Gasteiger partial charge in [-0.05, 0) is 36.8 Å². The Kier molecular flexibility index (Phi) is 4.37. The first-order valence-corrected chi connectivity index (χ1v) is 7.68. The first kappa shape index (κ1) is 15.6. The van der Waals surface area contributed by atoms with E-state index in [1.54, 1.807) is 30.3 Å². The summed E-state index contributed by atoms with van der Waals surface area (Å²) in [5.41, 5.74) is 3.20. The Morgan fingerprint density at radius 3 is 2.61 bits per heavy atom. The Balaban J connectivity index is 1.84. The van der Waals surface area contributed by atoms with E-state index in [-0.39, 0.29) is 5.91 Å². The molecule has 0 aliphatic heterocycles. The van der Waals surface area contributed by atoms with Gasteiger partial charge in [-0.1, -0.05) is 47.5 Å². The summed E-state index contributed by atoms with van der Waals surface area (Å²) < 4.78 is 0. The van der Waals surface area contributed by atoms with Crippen LogP contribution in [0.25, 0.3) is 11.3 Å². The quantitative estimate of drug-likeness (QED) is 0.705. The lowest BCUT2D eigenvalue weighted by Crippen LogP contribution is -2.13. The molecule has 0 aliphatic carbocycles. The lowest BCUT2D eigenvalue weighted by molar-refractivity contribution is 0.102. The second-order valence-electron chi connectivity index (χ2n) is 5.01. The third-order valence-corrected chi connectivity index (χ3v) is 4.23. The van der Waals surface area contributed by atoms with Crippen LogP contribution in [0.2, 0.25) is 10.0 Å². The Morgan fingerprint density at radius 1 is 1.09 bits per heavy atom. The molecule has 0 saturated carbocycles. The molecule has 1 heterocycles. The summed E-state index contributed by atoms with van der Waals surface area (Å²) in [6, 6.07) is 14.4. The van der Waals surface area contributed by atoms with Crippen LogP contribution in [-0.2, 0) is 0 Å². The van der Waals surface area contributed by atoms with Crippen molar-refractivity contribution in [1.82, 2.24) is 10.2 Å². The molecule has 0 atom stereocenters. The average Bonchev–Trinajstić information content (AvgIpc) is 3.02. The van der Waals surface area contributed by atoms with Gasteiger partial charge in [0.2, 0.25) is 0 Å². The van der Waals surface area contributed by atoms with Crippen molar-refractivity contribution in [3.8, 4) is 11.3 Å². The number of aromatic nitrogens is 2. The minimum absolute atomic E-state index is 0.291.